The van der Waals surface area contributed by atoms with Crippen molar-refractivity contribution in [3.05, 3.63) is 25.8 Å². The van der Waals surface area contributed by atoms with Gasteiger partial charge in [0.25, 0.3) is 5.56 Å². The number of hydrogen-bond acceptors (Lipinski definition) is 8. The normalized spacial score (nSPS) is 10.8. The van der Waals surface area contributed by atoms with Crippen molar-refractivity contribution in [2.75, 3.05) is 11.1 Å². The van der Waals surface area contributed by atoms with E-state index in [2.05, 4.69) is 25.7 Å². The summed E-state index contributed by atoms with van der Waals surface area (Å²) in [4.78, 5) is 35.9. The third kappa shape index (κ3) is 4.23. The number of H-pyrrole nitrogens is 2. The molecule has 0 spiro atoms. The van der Waals surface area contributed by atoms with E-state index in [1.165, 1.54) is 11.3 Å². The third-order valence-corrected chi connectivity index (χ3v) is 4.30. The maximum Gasteiger partial charge on any atom is 0.342 e. The third-order valence-electron chi connectivity index (χ3n) is 2.20. The molecular formula is C10H12N6O3S2. The SMILES string of the molecule is CC(C)c1nnc(NC(=O)CSc2n[nH]c(=O)[nH]c2=O)s1. The van der Waals surface area contributed by atoms with Crippen LogP contribution in [0.2, 0.25) is 0 Å². The molecule has 0 unspecified atom stereocenters. The Balaban J connectivity index is 1.92. The van der Waals surface area contributed by atoms with Crippen molar-refractivity contribution < 1.29 is 4.79 Å². The van der Waals surface area contributed by atoms with Crippen LogP contribution in [-0.2, 0) is 4.79 Å². The molecule has 2 aromatic rings. The van der Waals surface area contributed by atoms with E-state index >= 15 is 0 Å². The van der Waals surface area contributed by atoms with Gasteiger partial charge in [-0.3, -0.25) is 19.9 Å². The molecule has 3 N–H and O–H groups in total. The molecule has 0 saturated heterocycles. The molecule has 0 aliphatic carbocycles. The van der Waals surface area contributed by atoms with Crippen LogP contribution in [0.1, 0.15) is 24.8 Å². The molecule has 0 saturated carbocycles. The number of nitrogens with one attached hydrogen (secondary N) is 3. The average Bonchev–Trinajstić information content (AvgIpc) is 2.86. The van der Waals surface area contributed by atoms with Gasteiger partial charge in [0.05, 0.1) is 5.75 Å². The predicted molar refractivity (Wildman–Crippen MR) is 78.8 cm³/mol. The summed E-state index contributed by atoms with van der Waals surface area (Å²) in [6.07, 6.45) is 0. The fourth-order valence-electron chi connectivity index (χ4n) is 1.24. The van der Waals surface area contributed by atoms with Crippen LogP contribution in [0.5, 0.6) is 0 Å². The summed E-state index contributed by atoms with van der Waals surface area (Å²) >= 11 is 2.22. The Morgan fingerprint density at radius 1 is 1.38 bits per heavy atom. The van der Waals surface area contributed by atoms with Crippen LogP contribution < -0.4 is 16.6 Å². The number of anilines is 1. The van der Waals surface area contributed by atoms with Gasteiger partial charge < -0.3 is 0 Å². The lowest BCUT2D eigenvalue weighted by atomic mass is 10.2. The molecule has 0 atom stereocenters. The first kappa shape index (κ1) is 15.4. The van der Waals surface area contributed by atoms with E-state index in [9.17, 15) is 14.4 Å². The van der Waals surface area contributed by atoms with Gasteiger partial charge in [-0.25, -0.2) is 9.89 Å². The quantitative estimate of drug-likeness (QED) is 0.666. The Morgan fingerprint density at radius 2 is 2.14 bits per heavy atom. The second-order valence-electron chi connectivity index (χ2n) is 4.25. The van der Waals surface area contributed by atoms with Crippen molar-refractivity contribution in [2.45, 2.75) is 24.8 Å². The van der Waals surface area contributed by atoms with Crippen LogP contribution in [0, 0.1) is 0 Å². The first-order chi connectivity index (χ1) is 9.95. The lowest BCUT2D eigenvalue weighted by Crippen LogP contribution is -2.25. The molecule has 21 heavy (non-hydrogen) atoms. The monoisotopic (exact) mass is 328 g/mol. The van der Waals surface area contributed by atoms with Crippen molar-refractivity contribution in [3.8, 4) is 0 Å². The number of carbonyl (C=O) groups is 1. The maximum absolute atomic E-state index is 11.7. The molecule has 11 heteroatoms. The van der Waals surface area contributed by atoms with E-state index in [-0.39, 0.29) is 22.6 Å². The van der Waals surface area contributed by atoms with Gasteiger partial charge in [0, 0.05) is 5.92 Å². The van der Waals surface area contributed by atoms with Crippen molar-refractivity contribution in [1.29, 1.82) is 0 Å². The van der Waals surface area contributed by atoms with Gasteiger partial charge in [-0.05, 0) is 0 Å². The predicted octanol–water partition coefficient (Wildman–Crippen LogP) is 0.164. The summed E-state index contributed by atoms with van der Waals surface area (Å²) in [5, 5.41) is 17.3. The summed E-state index contributed by atoms with van der Waals surface area (Å²) in [6.45, 7) is 3.96. The highest BCUT2D eigenvalue weighted by Gasteiger charge is 2.12. The van der Waals surface area contributed by atoms with Crippen LogP contribution in [0.25, 0.3) is 0 Å². The zero-order valence-electron chi connectivity index (χ0n) is 11.2. The Bertz CT molecular complexity index is 749. The van der Waals surface area contributed by atoms with Crippen molar-refractivity contribution >= 4 is 34.1 Å². The molecule has 1 amide bonds. The molecule has 112 valence electrons. The molecule has 2 heterocycles. The fourth-order valence-corrected chi connectivity index (χ4v) is 2.64. The number of aromatic nitrogens is 5. The van der Waals surface area contributed by atoms with Gasteiger partial charge in [0.15, 0.2) is 5.03 Å². The molecule has 0 aliphatic rings. The van der Waals surface area contributed by atoms with Gasteiger partial charge in [-0.2, -0.15) is 5.10 Å². The number of thioether (sulfide) groups is 1. The first-order valence-electron chi connectivity index (χ1n) is 5.90. The number of hydrogen-bond donors (Lipinski definition) is 3. The van der Waals surface area contributed by atoms with E-state index in [0.29, 0.717) is 5.13 Å². The summed E-state index contributed by atoms with van der Waals surface area (Å²) in [6, 6.07) is 0. The zero-order valence-corrected chi connectivity index (χ0v) is 12.8. The largest absolute Gasteiger partial charge is 0.342 e. The van der Waals surface area contributed by atoms with Crippen molar-refractivity contribution in [2.24, 2.45) is 0 Å². The van der Waals surface area contributed by atoms with E-state index in [1.807, 2.05) is 18.8 Å². The number of aromatic amines is 2. The van der Waals surface area contributed by atoms with Gasteiger partial charge in [-0.1, -0.05) is 36.9 Å². The second-order valence-corrected chi connectivity index (χ2v) is 6.22. The van der Waals surface area contributed by atoms with E-state index in [1.54, 1.807) is 0 Å². The summed E-state index contributed by atoms with van der Waals surface area (Å²) in [7, 11) is 0. The lowest BCUT2D eigenvalue weighted by molar-refractivity contribution is -0.113. The van der Waals surface area contributed by atoms with Crippen molar-refractivity contribution in [1.82, 2.24) is 25.4 Å². The van der Waals surface area contributed by atoms with E-state index < -0.39 is 11.2 Å². The van der Waals surface area contributed by atoms with Crippen LogP contribution in [0.3, 0.4) is 0 Å². The number of carbonyl (C=O) groups excluding carboxylic acids is 1. The molecule has 2 rings (SSSR count). The Hall–Kier alpha value is -2.01. The fraction of sp³-hybridized carbons (Fsp3) is 0.400. The Morgan fingerprint density at radius 3 is 2.76 bits per heavy atom. The molecule has 0 bridgehead atoms. The van der Waals surface area contributed by atoms with Gasteiger partial charge >= 0.3 is 5.69 Å². The number of amides is 1. The minimum absolute atomic E-state index is 0.0184. The van der Waals surface area contributed by atoms with Gasteiger partial charge in [-0.15, -0.1) is 10.2 Å². The number of rotatable bonds is 5. The maximum atomic E-state index is 11.7. The van der Waals surface area contributed by atoms with E-state index in [0.717, 1.165) is 16.8 Å². The molecule has 0 aliphatic heterocycles. The molecule has 0 fully saturated rings. The van der Waals surface area contributed by atoms with Crippen LogP contribution in [0.4, 0.5) is 5.13 Å². The molecule has 2 aromatic heterocycles. The van der Waals surface area contributed by atoms with Crippen LogP contribution in [-0.4, -0.2) is 37.0 Å². The summed E-state index contributed by atoms with van der Waals surface area (Å²) in [5.41, 5.74) is -1.32. The first-order valence-corrected chi connectivity index (χ1v) is 7.71. The minimum atomic E-state index is -0.691. The van der Waals surface area contributed by atoms with Gasteiger partial charge in [0.2, 0.25) is 11.0 Å². The van der Waals surface area contributed by atoms with Crippen LogP contribution in [0.15, 0.2) is 14.6 Å². The topological polar surface area (TPSA) is 133 Å². The highest BCUT2D eigenvalue weighted by atomic mass is 32.2. The summed E-state index contributed by atoms with van der Waals surface area (Å²) in [5.74, 6) is -0.121. The highest BCUT2D eigenvalue weighted by molar-refractivity contribution is 7.99. The van der Waals surface area contributed by atoms with Gasteiger partial charge in [0.1, 0.15) is 5.01 Å². The highest BCUT2D eigenvalue weighted by Crippen LogP contribution is 2.22. The second kappa shape index (κ2) is 6.63. The summed E-state index contributed by atoms with van der Waals surface area (Å²) < 4.78 is 0. The molecule has 9 nitrogen and oxygen atoms in total. The zero-order chi connectivity index (χ0) is 15.4. The minimum Gasteiger partial charge on any atom is -0.300 e. The lowest BCUT2D eigenvalue weighted by Gasteiger charge is -2.00. The van der Waals surface area contributed by atoms with Crippen molar-refractivity contribution in [3.63, 3.8) is 0 Å². The van der Waals surface area contributed by atoms with E-state index in [4.69, 9.17) is 0 Å². The standard InChI is InChI=1S/C10H12N6O3S2/c1-4(2)7-13-16-10(21-7)11-5(17)3-20-8-6(18)12-9(19)15-14-8/h4H,3H2,1-2H3,(H,11,16,17)(H2,12,15,18,19). The number of nitrogens with zero attached hydrogens (tertiary/aromatic N) is 3. The Kier molecular flexibility index (Phi) is 4.85. The smallest absolute Gasteiger partial charge is 0.300 e. The average molecular weight is 328 g/mol. The molecular weight excluding hydrogens is 316 g/mol. The molecule has 0 aromatic carbocycles. The van der Waals surface area contributed by atoms with Crippen LogP contribution >= 0.6 is 23.1 Å². The Labute approximate surface area is 126 Å². The molecule has 0 radical (unpaired) electrons.